The average molecular weight is 209 g/mol. The molecule has 72 valence electrons. The maximum atomic E-state index is 11.1. The molecule has 0 fully saturated rings. The second kappa shape index (κ2) is 5.06. The van der Waals surface area contributed by atoms with E-state index < -0.39 is 5.97 Å². The molecule has 0 saturated carbocycles. The molecule has 1 heterocycles. The highest BCUT2D eigenvalue weighted by Crippen LogP contribution is 2.14. The van der Waals surface area contributed by atoms with Crippen LogP contribution in [0.1, 0.15) is 4.88 Å². The Bertz CT molecular complexity index is 391. The third kappa shape index (κ3) is 2.62. The number of methoxy groups -OCH3 is 1. The van der Waals surface area contributed by atoms with E-state index in [-0.39, 0.29) is 5.70 Å². The molecule has 1 aromatic heterocycles. The summed E-state index contributed by atoms with van der Waals surface area (Å²) in [5, 5.41) is 5.10. The molecule has 1 aromatic rings. The quantitative estimate of drug-likeness (QED) is 0.252. The number of rotatable bonds is 3. The van der Waals surface area contributed by atoms with Gasteiger partial charge >= 0.3 is 5.97 Å². The van der Waals surface area contributed by atoms with Crippen molar-refractivity contribution in [3.8, 4) is 0 Å². The molecule has 0 unspecified atom stereocenters. The highest BCUT2D eigenvalue weighted by molar-refractivity contribution is 7.10. The van der Waals surface area contributed by atoms with Crippen LogP contribution in [0.4, 0.5) is 0 Å². The number of hydrogen-bond acceptors (Lipinski definition) is 4. The highest BCUT2D eigenvalue weighted by atomic mass is 32.1. The Morgan fingerprint density at radius 3 is 3.07 bits per heavy atom. The lowest BCUT2D eigenvalue weighted by atomic mass is 10.3. The topological polar surface area (TPSA) is 75.1 Å². The minimum absolute atomic E-state index is 0.0440. The molecule has 0 aliphatic heterocycles. The summed E-state index contributed by atoms with van der Waals surface area (Å²) in [6, 6.07) is 3.64. The number of carbonyl (C=O) groups excluding carboxylic acids is 1. The first-order chi connectivity index (χ1) is 6.77. The molecular weight excluding hydrogens is 202 g/mol. The number of esters is 1. The maximum absolute atomic E-state index is 11.1. The number of azide groups is 1. The highest BCUT2D eigenvalue weighted by Gasteiger charge is 2.06. The minimum atomic E-state index is -0.642. The first-order valence-electron chi connectivity index (χ1n) is 3.66. The van der Waals surface area contributed by atoms with Crippen molar-refractivity contribution < 1.29 is 9.53 Å². The predicted molar refractivity (Wildman–Crippen MR) is 53.5 cm³/mol. The molecule has 0 saturated heterocycles. The lowest BCUT2D eigenvalue weighted by Gasteiger charge is -1.96. The van der Waals surface area contributed by atoms with Gasteiger partial charge in [-0.3, -0.25) is 0 Å². The van der Waals surface area contributed by atoms with Gasteiger partial charge in [-0.1, -0.05) is 11.2 Å². The van der Waals surface area contributed by atoms with Crippen LogP contribution in [0.15, 0.2) is 28.3 Å². The average Bonchev–Trinajstić information content (AvgIpc) is 2.68. The van der Waals surface area contributed by atoms with Crippen LogP contribution in [0.25, 0.3) is 16.5 Å². The third-order valence-corrected chi connectivity index (χ3v) is 2.19. The Labute approximate surface area is 84.3 Å². The van der Waals surface area contributed by atoms with Crippen LogP contribution in [0, 0.1) is 0 Å². The number of nitrogens with zero attached hydrogens (tertiary/aromatic N) is 3. The van der Waals surface area contributed by atoms with Crippen molar-refractivity contribution in [3.63, 3.8) is 0 Å². The van der Waals surface area contributed by atoms with Crippen molar-refractivity contribution in [1.29, 1.82) is 0 Å². The minimum Gasteiger partial charge on any atom is -0.466 e. The SMILES string of the molecule is COC(=O)C(=Cc1cccs1)N=[N+]=[N-]. The molecule has 0 aliphatic carbocycles. The van der Waals surface area contributed by atoms with Crippen molar-refractivity contribution in [2.75, 3.05) is 7.11 Å². The van der Waals surface area contributed by atoms with E-state index in [1.54, 1.807) is 6.07 Å². The summed E-state index contributed by atoms with van der Waals surface area (Å²) in [5.74, 6) is -0.642. The molecular formula is C8H7N3O2S. The molecule has 0 aliphatic rings. The summed E-state index contributed by atoms with van der Waals surface area (Å²) < 4.78 is 4.45. The van der Waals surface area contributed by atoms with Crippen LogP contribution in [0.2, 0.25) is 0 Å². The largest absolute Gasteiger partial charge is 0.466 e. The molecule has 0 spiro atoms. The van der Waals surface area contributed by atoms with Gasteiger partial charge in [0.15, 0.2) is 0 Å². The summed E-state index contributed by atoms with van der Waals surface area (Å²) in [7, 11) is 1.23. The normalized spacial score (nSPS) is 10.5. The molecule has 0 bridgehead atoms. The van der Waals surface area contributed by atoms with Crippen LogP contribution in [-0.4, -0.2) is 13.1 Å². The number of hydrogen-bond donors (Lipinski definition) is 0. The molecule has 14 heavy (non-hydrogen) atoms. The van der Waals surface area contributed by atoms with E-state index in [4.69, 9.17) is 5.53 Å². The van der Waals surface area contributed by atoms with Gasteiger partial charge in [0.05, 0.1) is 7.11 Å². The summed E-state index contributed by atoms with van der Waals surface area (Å²) in [6.07, 6.45) is 1.48. The molecule has 1 rings (SSSR count). The van der Waals surface area contributed by atoms with Crippen LogP contribution in [0.5, 0.6) is 0 Å². The number of ether oxygens (including phenoxy) is 1. The van der Waals surface area contributed by atoms with Crippen LogP contribution in [0.3, 0.4) is 0 Å². The monoisotopic (exact) mass is 209 g/mol. The number of carbonyl (C=O) groups is 1. The van der Waals surface area contributed by atoms with Gasteiger partial charge in [0.2, 0.25) is 0 Å². The van der Waals surface area contributed by atoms with Gasteiger partial charge in [0, 0.05) is 9.79 Å². The first-order valence-corrected chi connectivity index (χ1v) is 4.54. The van der Waals surface area contributed by atoms with E-state index in [1.807, 2.05) is 11.4 Å². The number of thiophene rings is 1. The molecule has 0 N–H and O–H groups in total. The molecule has 0 atom stereocenters. The van der Waals surface area contributed by atoms with E-state index in [2.05, 4.69) is 14.8 Å². The summed E-state index contributed by atoms with van der Waals surface area (Å²) in [6.45, 7) is 0. The molecule has 6 heteroatoms. The van der Waals surface area contributed by atoms with Crippen molar-refractivity contribution in [2.24, 2.45) is 5.11 Å². The standard InChI is InChI=1S/C8H7N3O2S/c1-13-8(12)7(10-11-9)5-6-3-2-4-14-6/h2-5H,1H3. The predicted octanol–water partition coefficient (Wildman–Crippen LogP) is 2.57. The van der Waals surface area contributed by atoms with Crippen molar-refractivity contribution in [1.82, 2.24) is 0 Å². The van der Waals surface area contributed by atoms with Crippen molar-refractivity contribution in [3.05, 3.63) is 38.5 Å². The van der Waals surface area contributed by atoms with E-state index in [9.17, 15) is 4.79 Å². The second-order valence-corrected chi connectivity index (χ2v) is 3.21. The zero-order valence-electron chi connectivity index (χ0n) is 7.38. The first kappa shape index (κ1) is 10.3. The summed E-state index contributed by atoms with van der Waals surface area (Å²) in [4.78, 5) is 14.5. The van der Waals surface area contributed by atoms with Crippen molar-refractivity contribution in [2.45, 2.75) is 0 Å². The maximum Gasteiger partial charge on any atom is 0.340 e. The Morgan fingerprint density at radius 2 is 2.57 bits per heavy atom. The van der Waals surface area contributed by atoms with Gasteiger partial charge in [-0.2, -0.15) is 0 Å². The van der Waals surface area contributed by atoms with Gasteiger partial charge < -0.3 is 4.74 Å². The Morgan fingerprint density at radius 1 is 1.79 bits per heavy atom. The van der Waals surface area contributed by atoms with Gasteiger partial charge in [-0.05, 0) is 23.1 Å². The fourth-order valence-electron chi connectivity index (χ4n) is 0.790. The van der Waals surface area contributed by atoms with Gasteiger partial charge in [-0.15, -0.1) is 11.3 Å². The van der Waals surface area contributed by atoms with Crippen LogP contribution >= 0.6 is 11.3 Å². The summed E-state index contributed by atoms with van der Waals surface area (Å²) >= 11 is 1.44. The molecule has 0 radical (unpaired) electrons. The van der Waals surface area contributed by atoms with Gasteiger partial charge in [0.25, 0.3) is 0 Å². The van der Waals surface area contributed by atoms with E-state index in [0.29, 0.717) is 0 Å². The molecule has 5 nitrogen and oxygen atoms in total. The lowest BCUT2D eigenvalue weighted by Crippen LogP contribution is -2.01. The van der Waals surface area contributed by atoms with Gasteiger partial charge in [-0.25, -0.2) is 4.79 Å². The van der Waals surface area contributed by atoms with Gasteiger partial charge in [0.1, 0.15) is 5.70 Å². The van der Waals surface area contributed by atoms with Crippen LogP contribution < -0.4 is 0 Å². The second-order valence-electron chi connectivity index (χ2n) is 2.23. The molecule has 0 aromatic carbocycles. The van der Waals surface area contributed by atoms with E-state index in [0.717, 1.165) is 4.88 Å². The molecule has 0 amide bonds. The zero-order valence-corrected chi connectivity index (χ0v) is 8.19. The Hall–Kier alpha value is -1.78. The fraction of sp³-hybridized carbons (Fsp3) is 0.125. The smallest absolute Gasteiger partial charge is 0.340 e. The fourth-order valence-corrected chi connectivity index (χ4v) is 1.44. The van der Waals surface area contributed by atoms with Crippen molar-refractivity contribution >= 4 is 23.4 Å². The Kier molecular flexibility index (Phi) is 3.72. The van der Waals surface area contributed by atoms with Crippen LogP contribution in [-0.2, 0) is 9.53 Å². The lowest BCUT2D eigenvalue weighted by molar-refractivity contribution is -0.136. The zero-order chi connectivity index (χ0) is 10.4. The Balaban J connectivity index is 2.99. The van der Waals surface area contributed by atoms with E-state index in [1.165, 1.54) is 24.5 Å². The third-order valence-electron chi connectivity index (χ3n) is 1.37. The van der Waals surface area contributed by atoms with E-state index >= 15 is 0 Å². The summed E-state index contributed by atoms with van der Waals surface area (Å²) in [5.41, 5.74) is 8.18.